The van der Waals surface area contributed by atoms with Gasteiger partial charge in [0, 0.05) is 12.1 Å². The highest BCUT2D eigenvalue weighted by molar-refractivity contribution is 6.36. The Morgan fingerprint density at radius 2 is 2.21 bits per heavy atom. The molecule has 14 heavy (non-hydrogen) atoms. The third-order valence-corrected chi connectivity index (χ3v) is 1.60. The van der Waals surface area contributed by atoms with Crippen LogP contribution in [-0.2, 0) is 9.59 Å². The summed E-state index contributed by atoms with van der Waals surface area (Å²) >= 11 is 0. The number of carbonyl (C=O) groups excluding carboxylic acids is 1. The highest BCUT2D eigenvalue weighted by Gasteiger charge is 2.14. The van der Waals surface area contributed by atoms with Crippen LogP contribution in [0.25, 0.3) is 0 Å². The lowest BCUT2D eigenvalue weighted by molar-refractivity contribution is -0.147. The van der Waals surface area contributed by atoms with Crippen molar-refractivity contribution in [1.82, 2.24) is 9.78 Å². The molecule has 0 fully saturated rings. The van der Waals surface area contributed by atoms with E-state index in [1.165, 1.54) is 10.9 Å². The highest BCUT2D eigenvalue weighted by Crippen LogP contribution is 2.12. The fourth-order valence-corrected chi connectivity index (χ4v) is 0.995. The Hall–Kier alpha value is -1.85. The average molecular weight is 197 g/mol. The average Bonchev–Trinajstić information content (AvgIpc) is 2.52. The number of hydrogen-bond donors (Lipinski definition) is 2. The lowest BCUT2D eigenvalue weighted by Gasteiger charge is -2.10. The maximum Gasteiger partial charge on any atom is 0.394 e. The van der Waals surface area contributed by atoms with Crippen molar-refractivity contribution in [2.24, 2.45) is 0 Å². The molecular formula is C8H11N3O3. The van der Waals surface area contributed by atoms with Gasteiger partial charge in [0.15, 0.2) is 0 Å². The van der Waals surface area contributed by atoms with Crippen LogP contribution < -0.4 is 5.32 Å². The molecule has 0 unspecified atom stereocenters. The summed E-state index contributed by atoms with van der Waals surface area (Å²) in [7, 11) is 0. The molecule has 0 aliphatic heterocycles. The van der Waals surface area contributed by atoms with Crippen LogP contribution in [0.1, 0.15) is 19.9 Å². The Morgan fingerprint density at radius 1 is 1.57 bits per heavy atom. The van der Waals surface area contributed by atoms with E-state index in [1.54, 1.807) is 6.07 Å². The maximum atomic E-state index is 10.8. The van der Waals surface area contributed by atoms with Crippen LogP contribution in [0.2, 0.25) is 0 Å². The van der Waals surface area contributed by atoms with Crippen molar-refractivity contribution in [3.8, 4) is 0 Å². The number of carboxylic acid groups (broad SMARTS) is 1. The molecule has 1 aromatic rings. The molecule has 0 aromatic carbocycles. The summed E-state index contributed by atoms with van der Waals surface area (Å²) in [5.41, 5.74) is 0. The van der Waals surface area contributed by atoms with Gasteiger partial charge in [-0.3, -0.25) is 4.79 Å². The van der Waals surface area contributed by atoms with Crippen molar-refractivity contribution in [1.29, 1.82) is 0 Å². The number of nitrogens with one attached hydrogen (secondary N) is 1. The van der Waals surface area contributed by atoms with Crippen LogP contribution in [0.4, 0.5) is 5.82 Å². The Labute approximate surface area is 80.5 Å². The van der Waals surface area contributed by atoms with Gasteiger partial charge in [0.2, 0.25) is 0 Å². The van der Waals surface area contributed by atoms with Gasteiger partial charge in [0.05, 0.1) is 6.20 Å². The van der Waals surface area contributed by atoms with Crippen molar-refractivity contribution in [2.75, 3.05) is 5.32 Å². The van der Waals surface area contributed by atoms with Gasteiger partial charge in [-0.05, 0) is 13.8 Å². The number of carboxylic acids is 1. The van der Waals surface area contributed by atoms with E-state index < -0.39 is 11.9 Å². The number of anilines is 1. The summed E-state index contributed by atoms with van der Waals surface area (Å²) < 4.78 is 1.53. The molecule has 0 aliphatic carbocycles. The van der Waals surface area contributed by atoms with Gasteiger partial charge in [-0.25, -0.2) is 9.48 Å². The third kappa shape index (κ3) is 2.09. The first-order valence-electron chi connectivity index (χ1n) is 4.10. The van der Waals surface area contributed by atoms with E-state index in [-0.39, 0.29) is 6.04 Å². The van der Waals surface area contributed by atoms with Gasteiger partial charge in [-0.1, -0.05) is 0 Å². The zero-order valence-electron chi connectivity index (χ0n) is 7.89. The van der Waals surface area contributed by atoms with Gasteiger partial charge in [-0.2, -0.15) is 5.10 Å². The van der Waals surface area contributed by atoms with Crippen molar-refractivity contribution in [3.05, 3.63) is 12.3 Å². The quantitative estimate of drug-likeness (QED) is 0.675. The second kappa shape index (κ2) is 3.91. The van der Waals surface area contributed by atoms with Crippen LogP contribution >= 0.6 is 0 Å². The maximum absolute atomic E-state index is 10.8. The fraction of sp³-hybridized carbons (Fsp3) is 0.375. The molecule has 0 spiro atoms. The highest BCUT2D eigenvalue weighted by atomic mass is 16.4. The largest absolute Gasteiger partial charge is 0.474 e. The lowest BCUT2D eigenvalue weighted by atomic mass is 10.4. The molecule has 0 bridgehead atoms. The molecule has 1 rings (SSSR count). The van der Waals surface area contributed by atoms with E-state index >= 15 is 0 Å². The second-order valence-corrected chi connectivity index (χ2v) is 3.01. The zero-order chi connectivity index (χ0) is 10.7. The fourth-order valence-electron chi connectivity index (χ4n) is 0.995. The monoisotopic (exact) mass is 197 g/mol. The summed E-state index contributed by atoms with van der Waals surface area (Å²) in [6.45, 7) is 3.76. The standard InChI is InChI=1S/C8H11N3O3/c1-5(2)11-6(3-4-9-11)10-7(12)8(13)14/h3-5H,1-2H3,(H,10,12)(H,13,14). The molecule has 2 N–H and O–H groups in total. The van der Waals surface area contributed by atoms with Crippen LogP contribution in [0.5, 0.6) is 0 Å². The second-order valence-electron chi connectivity index (χ2n) is 3.01. The first kappa shape index (κ1) is 10.2. The van der Waals surface area contributed by atoms with E-state index in [0.29, 0.717) is 5.82 Å². The molecule has 0 radical (unpaired) electrons. The van der Waals surface area contributed by atoms with Crippen molar-refractivity contribution in [3.63, 3.8) is 0 Å². The van der Waals surface area contributed by atoms with E-state index in [2.05, 4.69) is 10.4 Å². The number of aromatic nitrogens is 2. The van der Waals surface area contributed by atoms with Gasteiger partial charge >= 0.3 is 11.9 Å². The number of nitrogens with zero attached hydrogens (tertiary/aromatic N) is 2. The number of carbonyl (C=O) groups is 2. The topological polar surface area (TPSA) is 84.2 Å². The predicted octanol–water partition coefficient (Wildman–Crippen LogP) is 0.487. The smallest absolute Gasteiger partial charge is 0.394 e. The minimum absolute atomic E-state index is 0.0640. The number of aliphatic carboxylic acids is 1. The molecule has 1 heterocycles. The summed E-state index contributed by atoms with van der Waals surface area (Å²) in [4.78, 5) is 21.1. The summed E-state index contributed by atoms with van der Waals surface area (Å²) in [6, 6.07) is 1.61. The van der Waals surface area contributed by atoms with Gasteiger partial charge in [-0.15, -0.1) is 0 Å². The van der Waals surface area contributed by atoms with Gasteiger partial charge in [0.25, 0.3) is 0 Å². The Morgan fingerprint density at radius 3 is 2.71 bits per heavy atom. The van der Waals surface area contributed by atoms with Crippen molar-refractivity contribution in [2.45, 2.75) is 19.9 Å². The SMILES string of the molecule is CC(C)n1nccc1NC(=O)C(=O)O. The number of hydrogen-bond acceptors (Lipinski definition) is 3. The van der Waals surface area contributed by atoms with Crippen molar-refractivity contribution < 1.29 is 14.7 Å². The van der Waals surface area contributed by atoms with Gasteiger partial charge in [0.1, 0.15) is 5.82 Å². The number of rotatable bonds is 2. The Kier molecular flexibility index (Phi) is 2.85. The molecule has 76 valence electrons. The van der Waals surface area contributed by atoms with Crippen LogP contribution in [-0.4, -0.2) is 26.8 Å². The van der Waals surface area contributed by atoms with E-state index in [0.717, 1.165) is 0 Å². The molecule has 1 aromatic heterocycles. The van der Waals surface area contributed by atoms with E-state index in [9.17, 15) is 9.59 Å². The Bertz CT molecular complexity index is 356. The van der Waals surface area contributed by atoms with Crippen molar-refractivity contribution >= 4 is 17.7 Å². The minimum atomic E-state index is -1.51. The van der Waals surface area contributed by atoms with Crippen LogP contribution in [0.15, 0.2) is 12.3 Å². The normalized spacial score (nSPS) is 10.2. The zero-order valence-corrected chi connectivity index (χ0v) is 7.89. The molecule has 0 atom stereocenters. The predicted molar refractivity (Wildman–Crippen MR) is 48.9 cm³/mol. The molecule has 0 aliphatic rings. The number of amides is 1. The molecular weight excluding hydrogens is 186 g/mol. The molecule has 6 heteroatoms. The summed E-state index contributed by atoms with van der Waals surface area (Å²) in [5.74, 6) is -2.19. The minimum Gasteiger partial charge on any atom is -0.474 e. The Balaban J connectivity index is 2.81. The first-order chi connectivity index (χ1) is 6.52. The summed E-state index contributed by atoms with van der Waals surface area (Å²) in [6.07, 6.45) is 1.50. The molecule has 0 saturated heterocycles. The summed E-state index contributed by atoms with van der Waals surface area (Å²) in [5, 5.41) is 14.5. The van der Waals surface area contributed by atoms with Crippen LogP contribution in [0.3, 0.4) is 0 Å². The van der Waals surface area contributed by atoms with Gasteiger partial charge < -0.3 is 10.4 Å². The lowest BCUT2D eigenvalue weighted by Crippen LogP contribution is -2.24. The van der Waals surface area contributed by atoms with Crippen LogP contribution in [0, 0.1) is 0 Å². The van der Waals surface area contributed by atoms with E-state index in [4.69, 9.17) is 5.11 Å². The molecule has 6 nitrogen and oxygen atoms in total. The van der Waals surface area contributed by atoms with E-state index in [1.807, 2.05) is 13.8 Å². The first-order valence-corrected chi connectivity index (χ1v) is 4.10. The molecule has 1 amide bonds. The molecule has 0 saturated carbocycles. The third-order valence-electron chi connectivity index (χ3n) is 1.60.